The van der Waals surface area contributed by atoms with Crippen molar-refractivity contribution in [2.45, 2.75) is 13.3 Å². The fourth-order valence-corrected chi connectivity index (χ4v) is 1.80. The van der Waals surface area contributed by atoms with E-state index in [9.17, 15) is 17.2 Å². The Kier molecular flexibility index (Phi) is 6.23. The van der Waals surface area contributed by atoms with Crippen molar-refractivity contribution >= 4 is 10.0 Å². The Balaban J connectivity index is 3.96. The number of halogens is 2. The van der Waals surface area contributed by atoms with Gasteiger partial charge in [0.25, 0.3) is 6.43 Å². The van der Waals surface area contributed by atoms with Crippen molar-refractivity contribution in [3.05, 3.63) is 0 Å². The molecule has 0 aromatic heterocycles. The molecule has 0 saturated carbocycles. The fourth-order valence-electron chi connectivity index (χ4n) is 0.998. The maximum Gasteiger partial charge on any atom is 0.251 e. The van der Waals surface area contributed by atoms with Crippen molar-refractivity contribution in [3.8, 4) is 0 Å². The lowest BCUT2D eigenvalue weighted by atomic mass is 10.5. The zero-order valence-electron chi connectivity index (χ0n) is 9.28. The van der Waals surface area contributed by atoms with E-state index in [1.54, 1.807) is 14.0 Å². The highest BCUT2D eigenvalue weighted by Crippen LogP contribution is 1.99. The van der Waals surface area contributed by atoms with Crippen LogP contribution in [0.15, 0.2) is 0 Å². The van der Waals surface area contributed by atoms with Crippen LogP contribution in [-0.2, 0) is 10.0 Å². The van der Waals surface area contributed by atoms with Gasteiger partial charge < -0.3 is 0 Å². The van der Waals surface area contributed by atoms with Gasteiger partial charge in [0.2, 0.25) is 10.0 Å². The average Bonchev–Trinajstić information content (AvgIpc) is 2.13. The summed E-state index contributed by atoms with van der Waals surface area (Å²) in [6.45, 7) is 1.76. The van der Waals surface area contributed by atoms with Crippen LogP contribution >= 0.6 is 0 Å². The zero-order valence-corrected chi connectivity index (χ0v) is 10.1. The molecule has 7 heteroatoms. The summed E-state index contributed by atoms with van der Waals surface area (Å²) < 4.78 is 47.6. The minimum atomic E-state index is -3.20. The van der Waals surface area contributed by atoms with Gasteiger partial charge in [-0.1, -0.05) is 0 Å². The van der Waals surface area contributed by atoms with E-state index >= 15 is 0 Å². The van der Waals surface area contributed by atoms with Crippen molar-refractivity contribution in [1.82, 2.24) is 9.21 Å². The second-order valence-corrected chi connectivity index (χ2v) is 5.74. The molecule has 4 nitrogen and oxygen atoms in total. The van der Waals surface area contributed by atoms with E-state index in [4.69, 9.17) is 0 Å². The van der Waals surface area contributed by atoms with Crippen LogP contribution in [0.1, 0.15) is 6.92 Å². The van der Waals surface area contributed by atoms with Gasteiger partial charge in [-0.15, -0.1) is 0 Å². The molecule has 92 valence electrons. The molecule has 0 aliphatic rings. The number of nitrogens with zero attached hydrogens (tertiary/aromatic N) is 2. The van der Waals surface area contributed by atoms with E-state index in [2.05, 4.69) is 0 Å². The first kappa shape index (κ1) is 14.7. The molecule has 0 aromatic rings. The monoisotopic (exact) mass is 244 g/mol. The molecule has 0 unspecified atom stereocenters. The van der Waals surface area contributed by atoms with Crippen LogP contribution in [-0.4, -0.2) is 63.5 Å². The van der Waals surface area contributed by atoms with Gasteiger partial charge in [-0.25, -0.2) is 21.5 Å². The highest BCUT2D eigenvalue weighted by Gasteiger charge is 2.16. The summed E-state index contributed by atoms with van der Waals surface area (Å²) in [6, 6.07) is 0. The Hall–Kier alpha value is -0.270. The highest BCUT2D eigenvalue weighted by molar-refractivity contribution is 7.89. The predicted molar refractivity (Wildman–Crippen MR) is 55.6 cm³/mol. The molecule has 0 bridgehead atoms. The topological polar surface area (TPSA) is 40.6 Å². The van der Waals surface area contributed by atoms with Gasteiger partial charge in [0.15, 0.2) is 0 Å². The lowest BCUT2D eigenvalue weighted by Crippen LogP contribution is -2.37. The molecule has 15 heavy (non-hydrogen) atoms. The average molecular weight is 244 g/mol. The molecule has 0 N–H and O–H groups in total. The molecule has 0 aliphatic heterocycles. The fraction of sp³-hybridized carbons (Fsp3) is 1.00. The number of rotatable bonds is 7. The molecule has 0 heterocycles. The molecule has 0 saturated heterocycles. The summed E-state index contributed by atoms with van der Waals surface area (Å²) in [4.78, 5) is 1.41. The van der Waals surface area contributed by atoms with Crippen LogP contribution in [0.2, 0.25) is 0 Å². The zero-order chi connectivity index (χ0) is 12.1. The molecule has 0 radical (unpaired) electrons. The molecule has 0 spiro atoms. The minimum absolute atomic E-state index is 0.0298. The highest BCUT2D eigenvalue weighted by atomic mass is 32.2. The van der Waals surface area contributed by atoms with Crippen LogP contribution in [0, 0.1) is 0 Å². The Morgan fingerprint density at radius 2 is 1.73 bits per heavy atom. The Bertz CT molecular complexity index is 270. The van der Waals surface area contributed by atoms with Crippen molar-refractivity contribution in [2.24, 2.45) is 0 Å². The summed E-state index contributed by atoms with van der Waals surface area (Å²) in [7, 11) is -0.210. The van der Waals surface area contributed by atoms with Crippen molar-refractivity contribution in [3.63, 3.8) is 0 Å². The van der Waals surface area contributed by atoms with Gasteiger partial charge in [0.1, 0.15) is 0 Å². The maximum absolute atomic E-state index is 11.9. The number of alkyl halides is 2. The van der Waals surface area contributed by atoms with Gasteiger partial charge in [0.05, 0.1) is 12.3 Å². The third-order valence-electron chi connectivity index (χ3n) is 2.09. The lowest BCUT2D eigenvalue weighted by Gasteiger charge is -2.20. The van der Waals surface area contributed by atoms with Crippen molar-refractivity contribution < 1.29 is 17.2 Å². The largest absolute Gasteiger partial charge is 0.300 e. The first-order chi connectivity index (χ1) is 6.79. The summed E-state index contributed by atoms with van der Waals surface area (Å²) in [5, 5.41) is 0. The van der Waals surface area contributed by atoms with Crippen LogP contribution in [0.25, 0.3) is 0 Å². The van der Waals surface area contributed by atoms with E-state index in [0.29, 0.717) is 6.54 Å². The first-order valence-corrected chi connectivity index (χ1v) is 6.31. The predicted octanol–water partition coefficient (Wildman–Crippen LogP) is 0.465. The molecule has 0 fully saturated rings. The quantitative estimate of drug-likeness (QED) is 0.653. The third kappa shape index (κ3) is 6.01. The van der Waals surface area contributed by atoms with Crippen LogP contribution < -0.4 is 0 Å². The Morgan fingerprint density at radius 3 is 2.13 bits per heavy atom. The van der Waals surface area contributed by atoms with Gasteiger partial charge in [-0.05, 0) is 14.0 Å². The number of likely N-dealkylation sites (N-methyl/N-ethyl adjacent to an activating group) is 2. The summed E-state index contributed by atoms with van der Waals surface area (Å²) >= 11 is 0. The number of hydrogen-bond donors (Lipinski definition) is 0. The van der Waals surface area contributed by atoms with Crippen LogP contribution in [0.5, 0.6) is 0 Å². The van der Waals surface area contributed by atoms with Gasteiger partial charge >= 0.3 is 0 Å². The molecule has 0 amide bonds. The second-order valence-electron chi connectivity index (χ2n) is 3.38. The lowest BCUT2D eigenvalue weighted by molar-refractivity contribution is 0.0990. The summed E-state index contributed by atoms with van der Waals surface area (Å²) in [5.74, 6) is 0.0298. The van der Waals surface area contributed by atoms with E-state index in [-0.39, 0.29) is 18.8 Å². The second kappa shape index (κ2) is 6.34. The van der Waals surface area contributed by atoms with Crippen molar-refractivity contribution in [1.29, 1.82) is 0 Å². The normalized spacial score (nSPS) is 13.1. The smallest absolute Gasteiger partial charge is 0.251 e. The molecule has 0 atom stereocenters. The summed E-state index contributed by atoms with van der Waals surface area (Å²) in [6.07, 6.45) is -2.39. The van der Waals surface area contributed by atoms with Gasteiger partial charge in [-0.3, -0.25) is 4.90 Å². The molecular formula is C8H18F2N2O2S. The van der Waals surface area contributed by atoms with Crippen LogP contribution in [0.3, 0.4) is 0 Å². The minimum Gasteiger partial charge on any atom is -0.300 e. The Morgan fingerprint density at radius 1 is 1.20 bits per heavy atom. The summed E-state index contributed by atoms with van der Waals surface area (Å²) in [5.41, 5.74) is 0. The SMILES string of the molecule is CCS(=O)(=O)N(C)CCN(C)CC(F)F. The number of hydrogen-bond acceptors (Lipinski definition) is 3. The Labute approximate surface area is 89.9 Å². The van der Waals surface area contributed by atoms with E-state index in [1.807, 2.05) is 0 Å². The molecular weight excluding hydrogens is 226 g/mol. The number of sulfonamides is 1. The van der Waals surface area contributed by atoms with Crippen LogP contribution in [0.4, 0.5) is 8.78 Å². The van der Waals surface area contributed by atoms with E-state index < -0.39 is 16.4 Å². The van der Waals surface area contributed by atoms with Gasteiger partial charge in [0, 0.05) is 20.1 Å². The van der Waals surface area contributed by atoms with Crippen molar-refractivity contribution in [2.75, 3.05) is 39.5 Å². The van der Waals surface area contributed by atoms with E-state index in [1.165, 1.54) is 16.3 Å². The molecule has 0 aromatic carbocycles. The van der Waals surface area contributed by atoms with Gasteiger partial charge in [-0.2, -0.15) is 0 Å². The molecule has 0 rings (SSSR count). The maximum atomic E-state index is 11.9. The van der Waals surface area contributed by atoms with E-state index in [0.717, 1.165) is 0 Å². The standard InChI is InChI=1S/C8H18F2N2O2S/c1-4-15(13,14)12(3)6-5-11(2)7-8(9)10/h8H,4-7H2,1-3H3. The first-order valence-electron chi connectivity index (χ1n) is 4.70. The third-order valence-corrected chi connectivity index (χ3v) is 3.95. The molecule has 0 aliphatic carbocycles.